The summed E-state index contributed by atoms with van der Waals surface area (Å²) in [6.45, 7) is 2.89. The van der Waals surface area contributed by atoms with Gasteiger partial charge in [0.15, 0.2) is 5.16 Å². The molecule has 1 saturated carbocycles. The van der Waals surface area contributed by atoms with Crippen molar-refractivity contribution in [1.29, 1.82) is 0 Å². The summed E-state index contributed by atoms with van der Waals surface area (Å²) in [5, 5.41) is 3.89. The molecule has 2 fully saturated rings. The summed E-state index contributed by atoms with van der Waals surface area (Å²) < 4.78 is 14.6. The Morgan fingerprint density at radius 3 is 3.00 bits per heavy atom. The van der Waals surface area contributed by atoms with Crippen LogP contribution in [0.2, 0.25) is 0 Å². The highest BCUT2D eigenvalue weighted by Gasteiger charge is 2.45. The Morgan fingerprint density at radius 1 is 1.38 bits per heavy atom. The number of carbonyl (C=O) groups excluding carboxylic acids is 2. The number of fused-ring (bicyclic) bond motifs is 1. The summed E-state index contributed by atoms with van der Waals surface area (Å²) in [6.07, 6.45) is 2.30. The third-order valence-electron chi connectivity index (χ3n) is 5.62. The zero-order chi connectivity index (χ0) is 18.3. The summed E-state index contributed by atoms with van der Waals surface area (Å²) >= 11 is 1.66. The van der Waals surface area contributed by atoms with Crippen molar-refractivity contribution in [3.05, 3.63) is 11.9 Å². The fourth-order valence-electron chi connectivity index (χ4n) is 3.72. The van der Waals surface area contributed by atoms with E-state index < -0.39 is 6.67 Å². The van der Waals surface area contributed by atoms with Gasteiger partial charge < -0.3 is 14.8 Å². The number of halogens is 1. The molecule has 1 aromatic rings. The molecule has 2 amide bonds. The van der Waals surface area contributed by atoms with Gasteiger partial charge in [-0.25, -0.2) is 4.98 Å². The Balaban J connectivity index is 1.33. The maximum atomic E-state index is 12.7. The minimum atomic E-state index is -0.405. The summed E-state index contributed by atoms with van der Waals surface area (Å²) in [4.78, 5) is 33.3. The van der Waals surface area contributed by atoms with Gasteiger partial charge >= 0.3 is 0 Å². The van der Waals surface area contributed by atoms with E-state index >= 15 is 0 Å². The van der Waals surface area contributed by atoms with E-state index in [1.165, 1.54) is 0 Å². The lowest BCUT2D eigenvalue weighted by Crippen LogP contribution is -2.57. The summed E-state index contributed by atoms with van der Waals surface area (Å²) in [5.74, 6) is 0.686. The predicted octanol–water partition coefficient (Wildman–Crippen LogP) is 0.467. The van der Waals surface area contributed by atoms with Crippen molar-refractivity contribution in [2.75, 3.05) is 45.7 Å². The molecule has 0 spiro atoms. The van der Waals surface area contributed by atoms with Gasteiger partial charge in [-0.1, -0.05) is 11.8 Å². The van der Waals surface area contributed by atoms with Crippen LogP contribution in [0.25, 0.3) is 0 Å². The van der Waals surface area contributed by atoms with E-state index in [1.807, 2.05) is 16.5 Å². The fourth-order valence-corrected chi connectivity index (χ4v) is 4.65. The minimum absolute atomic E-state index is 0.0644. The van der Waals surface area contributed by atoms with E-state index in [-0.39, 0.29) is 29.7 Å². The van der Waals surface area contributed by atoms with Gasteiger partial charge in [-0.15, -0.1) is 0 Å². The predicted molar refractivity (Wildman–Crippen MR) is 95.9 cm³/mol. The number of amides is 2. The monoisotopic (exact) mass is 381 g/mol. The van der Waals surface area contributed by atoms with Gasteiger partial charge in [0.1, 0.15) is 5.69 Å². The highest BCUT2D eigenvalue weighted by molar-refractivity contribution is 7.99. The lowest BCUT2D eigenvalue weighted by Gasteiger charge is -2.39. The van der Waals surface area contributed by atoms with Crippen molar-refractivity contribution in [3.8, 4) is 0 Å². The third kappa shape index (κ3) is 3.34. The lowest BCUT2D eigenvalue weighted by atomic mass is 10.1. The smallest absolute Gasteiger partial charge is 0.269 e. The quantitative estimate of drug-likeness (QED) is 0.803. The van der Waals surface area contributed by atoms with Crippen LogP contribution in [0.15, 0.2) is 11.4 Å². The molecule has 9 heteroatoms. The van der Waals surface area contributed by atoms with E-state index in [4.69, 9.17) is 0 Å². The van der Waals surface area contributed by atoms with Crippen LogP contribution in [0.4, 0.5) is 4.39 Å². The Hall–Kier alpha value is -1.61. The second-order valence-corrected chi connectivity index (χ2v) is 8.37. The van der Waals surface area contributed by atoms with Crippen LogP contribution < -0.4 is 5.32 Å². The Bertz CT molecular complexity index is 711. The molecule has 1 unspecified atom stereocenters. The second-order valence-electron chi connectivity index (χ2n) is 7.31. The number of carbonyl (C=O) groups is 2. The molecule has 1 aliphatic carbocycles. The molecule has 1 aromatic heterocycles. The molecular formula is C17H24FN5O2S. The number of imidazole rings is 1. The number of likely N-dealkylation sites (N-methyl/N-ethyl adjacent to an activating group) is 1. The molecule has 26 heavy (non-hydrogen) atoms. The second kappa shape index (κ2) is 7.19. The van der Waals surface area contributed by atoms with Crippen LogP contribution in [0.1, 0.15) is 16.9 Å². The molecule has 3 atom stereocenters. The highest BCUT2D eigenvalue weighted by atomic mass is 32.2. The van der Waals surface area contributed by atoms with E-state index in [0.717, 1.165) is 24.0 Å². The molecule has 0 bridgehead atoms. The van der Waals surface area contributed by atoms with Gasteiger partial charge in [0.25, 0.3) is 5.91 Å². The van der Waals surface area contributed by atoms with Crippen molar-refractivity contribution < 1.29 is 14.0 Å². The van der Waals surface area contributed by atoms with Crippen LogP contribution in [-0.2, 0) is 11.3 Å². The van der Waals surface area contributed by atoms with Crippen LogP contribution >= 0.6 is 11.8 Å². The number of hydrogen-bond acceptors (Lipinski definition) is 5. The van der Waals surface area contributed by atoms with Crippen LogP contribution in [0, 0.1) is 11.8 Å². The Kier molecular flexibility index (Phi) is 4.92. The number of nitrogens with zero attached hydrogens (tertiary/aromatic N) is 4. The number of hydrogen-bond donors (Lipinski definition) is 1. The van der Waals surface area contributed by atoms with Crippen LogP contribution in [-0.4, -0.2) is 82.9 Å². The fraction of sp³-hybridized carbons (Fsp3) is 0.706. The third-order valence-corrected chi connectivity index (χ3v) is 6.59. The first-order valence-corrected chi connectivity index (χ1v) is 10.1. The Morgan fingerprint density at radius 2 is 2.23 bits per heavy atom. The number of piperazine rings is 1. The average molecular weight is 381 g/mol. The number of nitrogens with one attached hydrogen (secondary N) is 1. The molecule has 7 nitrogen and oxygen atoms in total. The number of aromatic nitrogens is 2. The SMILES string of the molecule is CN1CCN(C(=O)[C@@H]2C[C@H]2CF)CC1CNC(=O)c1cnc2n1CCS2. The zero-order valence-corrected chi connectivity index (χ0v) is 15.7. The van der Waals surface area contributed by atoms with Gasteiger partial charge in [0, 0.05) is 50.4 Å². The van der Waals surface area contributed by atoms with E-state index in [2.05, 4.69) is 15.2 Å². The number of alkyl halides is 1. The number of thioether (sulfide) groups is 1. The minimum Gasteiger partial charge on any atom is -0.349 e. The van der Waals surface area contributed by atoms with Crippen LogP contribution in [0.3, 0.4) is 0 Å². The zero-order valence-electron chi connectivity index (χ0n) is 14.9. The van der Waals surface area contributed by atoms with Gasteiger partial charge in [0.2, 0.25) is 5.91 Å². The van der Waals surface area contributed by atoms with Gasteiger partial charge in [-0.3, -0.25) is 18.9 Å². The van der Waals surface area contributed by atoms with Gasteiger partial charge in [0.05, 0.1) is 12.9 Å². The largest absolute Gasteiger partial charge is 0.349 e. The average Bonchev–Trinajstić information content (AvgIpc) is 3.10. The molecule has 1 saturated heterocycles. The standard InChI is InChI=1S/C17H24FN5O2S/c1-21-2-3-22(16(25)13-6-11(13)7-18)10-12(21)8-19-15(24)14-9-20-17-23(14)4-5-26-17/h9,11-13H,2-8,10H2,1H3,(H,19,24)/t11-,12?,13+/m0/s1. The Labute approximate surface area is 156 Å². The normalized spacial score (nSPS) is 28.1. The van der Waals surface area contributed by atoms with Crippen molar-refractivity contribution in [3.63, 3.8) is 0 Å². The van der Waals surface area contributed by atoms with Crippen molar-refractivity contribution in [2.45, 2.75) is 24.2 Å². The number of rotatable bonds is 5. The molecule has 0 radical (unpaired) electrons. The topological polar surface area (TPSA) is 70.5 Å². The molecule has 2 aliphatic heterocycles. The van der Waals surface area contributed by atoms with E-state index in [9.17, 15) is 14.0 Å². The summed E-state index contributed by atoms with van der Waals surface area (Å²) in [5.41, 5.74) is 0.597. The van der Waals surface area contributed by atoms with E-state index in [0.29, 0.717) is 31.7 Å². The van der Waals surface area contributed by atoms with Crippen molar-refractivity contribution >= 4 is 23.6 Å². The van der Waals surface area contributed by atoms with Crippen molar-refractivity contribution in [2.24, 2.45) is 11.8 Å². The highest BCUT2D eigenvalue weighted by Crippen LogP contribution is 2.40. The molecule has 3 heterocycles. The van der Waals surface area contributed by atoms with Crippen molar-refractivity contribution in [1.82, 2.24) is 24.7 Å². The molecule has 0 aromatic carbocycles. The first-order chi connectivity index (χ1) is 12.6. The molecular weight excluding hydrogens is 357 g/mol. The first kappa shape index (κ1) is 17.8. The maximum absolute atomic E-state index is 12.7. The van der Waals surface area contributed by atoms with Crippen LogP contribution in [0.5, 0.6) is 0 Å². The summed E-state index contributed by atoms with van der Waals surface area (Å²) in [6, 6.07) is 0.0644. The van der Waals surface area contributed by atoms with E-state index in [1.54, 1.807) is 18.0 Å². The first-order valence-electron chi connectivity index (χ1n) is 9.10. The molecule has 142 valence electrons. The molecule has 3 aliphatic rings. The maximum Gasteiger partial charge on any atom is 0.269 e. The van der Waals surface area contributed by atoms with Gasteiger partial charge in [-0.2, -0.15) is 0 Å². The lowest BCUT2D eigenvalue weighted by molar-refractivity contribution is -0.135. The van der Waals surface area contributed by atoms with Gasteiger partial charge in [-0.05, 0) is 19.4 Å². The molecule has 4 rings (SSSR count). The molecule has 1 N–H and O–H groups in total. The summed E-state index contributed by atoms with van der Waals surface area (Å²) in [7, 11) is 2.01.